The second-order valence-electron chi connectivity index (χ2n) is 2.43. The summed E-state index contributed by atoms with van der Waals surface area (Å²) in [7, 11) is 0. The van der Waals surface area contributed by atoms with E-state index in [1.807, 2.05) is 6.92 Å². The van der Waals surface area contributed by atoms with Crippen molar-refractivity contribution in [3.8, 4) is 0 Å². The van der Waals surface area contributed by atoms with Gasteiger partial charge in [-0.25, -0.2) is 15.0 Å². The van der Waals surface area contributed by atoms with Gasteiger partial charge in [-0.1, -0.05) is 11.6 Å². The zero-order valence-electron chi connectivity index (χ0n) is 5.98. The van der Waals surface area contributed by atoms with Crippen molar-refractivity contribution < 1.29 is 4.98 Å². The molecule has 0 aromatic carbocycles. The van der Waals surface area contributed by atoms with Crippen LogP contribution in [0.1, 0.15) is 5.82 Å². The number of pyridine rings is 1. The highest BCUT2D eigenvalue weighted by molar-refractivity contribution is 6.29. The Morgan fingerprint density at radius 1 is 1.64 bits per heavy atom. The van der Waals surface area contributed by atoms with Gasteiger partial charge in [0.15, 0.2) is 11.0 Å². The first-order chi connectivity index (χ1) is 5.25. The van der Waals surface area contributed by atoms with Gasteiger partial charge in [0.1, 0.15) is 5.15 Å². The summed E-state index contributed by atoms with van der Waals surface area (Å²) >= 11 is 5.68. The third kappa shape index (κ3) is 1.07. The lowest BCUT2D eigenvalue weighted by Gasteiger charge is -1.82. The van der Waals surface area contributed by atoms with Gasteiger partial charge in [0.2, 0.25) is 5.82 Å². The van der Waals surface area contributed by atoms with Crippen LogP contribution in [-0.2, 0) is 0 Å². The van der Waals surface area contributed by atoms with Crippen LogP contribution in [0.5, 0.6) is 0 Å². The van der Waals surface area contributed by atoms with Gasteiger partial charge < -0.3 is 0 Å². The number of fused-ring (bicyclic) bond motifs is 1. The van der Waals surface area contributed by atoms with Gasteiger partial charge in [-0.05, 0) is 0 Å². The van der Waals surface area contributed by atoms with Gasteiger partial charge in [-0.2, -0.15) is 0 Å². The quantitative estimate of drug-likeness (QED) is 0.593. The van der Waals surface area contributed by atoms with E-state index in [4.69, 9.17) is 11.6 Å². The van der Waals surface area contributed by atoms with Crippen LogP contribution in [0.3, 0.4) is 0 Å². The van der Waals surface area contributed by atoms with Crippen molar-refractivity contribution in [2.75, 3.05) is 0 Å². The van der Waals surface area contributed by atoms with E-state index in [1.54, 1.807) is 12.3 Å². The van der Waals surface area contributed by atoms with E-state index in [-0.39, 0.29) is 0 Å². The molecular weight excluding hydrogens is 162 g/mol. The summed E-state index contributed by atoms with van der Waals surface area (Å²) in [6, 6.07) is 1.79. The lowest BCUT2D eigenvalue weighted by Crippen LogP contribution is -2.01. The number of nitrogens with one attached hydrogen (secondary N) is 2. The molecule has 2 rings (SSSR count). The van der Waals surface area contributed by atoms with Crippen LogP contribution in [0.2, 0.25) is 5.15 Å². The van der Waals surface area contributed by atoms with E-state index in [0.717, 1.165) is 16.9 Å². The summed E-state index contributed by atoms with van der Waals surface area (Å²) in [5, 5.41) is 0.507. The molecule has 0 radical (unpaired) electrons. The SMILES string of the molecule is Cc1[nH]c2cnc(Cl)cc2[nH+]1. The van der Waals surface area contributed by atoms with E-state index in [0.29, 0.717) is 5.15 Å². The molecule has 2 N–H and O–H groups in total. The summed E-state index contributed by atoms with van der Waals surface area (Å²) in [6.45, 7) is 1.95. The maximum absolute atomic E-state index is 5.68. The van der Waals surface area contributed by atoms with Crippen LogP contribution in [0, 0.1) is 6.92 Å². The Morgan fingerprint density at radius 3 is 3.27 bits per heavy atom. The van der Waals surface area contributed by atoms with Gasteiger partial charge in [0.25, 0.3) is 0 Å². The van der Waals surface area contributed by atoms with Crippen molar-refractivity contribution in [2.45, 2.75) is 6.92 Å². The minimum Gasteiger partial charge on any atom is -0.241 e. The maximum atomic E-state index is 5.68. The van der Waals surface area contributed by atoms with Crippen LogP contribution in [0.15, 0.2) is 12.3 Å². The van der Waals surface area contributed by atoms with Gasteiger partial charge in [0.05, 0.1) is 6.20 Å². The fraction of sp³-hybridized carbons (Fsp3) is 0.143. The summed E-state index contributed by atoms with van der Waals surface area (Å²) in [5.41, 5.74) is 1.97. The topological polar surface area (TPSA) is 42.8 Å². The molecule has 0 saturated heterocycles. The molecule has 56 valence electrons. The molecule has 2 aromatic heterocycles. The zero-order chi connectivity index (χ0) is 7.84. The molecule has 0 atom stereocenters. The number of hydrogen-bond donors (Lipinski definition) is 1. The monoisotopic (exact) mass is 168 g/mol. The van der Waals surface area contributed by atoms with E-state index in [2.05, 4.69) is 15.0 Å². The fourth-order valence-electron chi connectivity index (χ4n) is 1.07. The van der Waals surface area contributed by atoms with Crippen LogP contribution < -0.4 is 4.98 Å². The second kappa shape index (κ2) is 2.20. The van der Waals surface area contributed by atoms with Gasteiger partial charge in [-0.3, -0.25) is 0 Å². The number of hydrogen-bond acceptors (Lipinski definition) is 1. The number of imidazole rings is 1. The minimum absolute atomic E-state index is 0.507. The highest BCUT2D eigenvalue weighted by Crippen LogP contribution is 2.10. The van der Waals surface area contributed by atoms with E-state index in [9.17, 15) is 0 Å². The van der Waals surface area contributed by atoms with Gasteiger partial charge in [-0.15, -0.1) is 0 Å². The average molecular weight is 169 g/mol. The highest BCUT2D eigenvalue weighted by atomic mass is 35.5. The first-order valence-corrected chi connectivity index (χ1v) is 3.66. The molecule has 0 aliphatic heterocycles. The van der Waals surface area contributed by atoms with Crippen LogP contribution in [0.4, 0.5) is 0 Å². The number of halogens is 1. The Morgan fingerprint density at radius 2 is 2.45 bits per heavy atom. The summed E-state index contributed by atoms with van der Waals surface area (Å²) in [4.78, 5) is 10.2. The highest BCUT2D eigenvalue weighted by Gasteiger charge is 2.05. The number of aryl methyl sites for hydroxylation is 1. The van der Waals surface area contributed by atoms with Crippen molar-refractivity contribution in [1.82, 2.24) is 9.97 Å². The minimum atomic E-state index is 0.507. The summed E-state index contributed by atoms with van der Waals surface area (Å²) in [5.74, 6) is 1.00. The predicted molar refractivity (Wildman–Crippen MR) is 42.4 cm³/mol. The van der Waals surface area contributed by atoms with Crippen LogP contribution in [0.25, 0.3) is 11.0 Å². The predicted octanol–water partition coefficient (Wildman–Crippen LogP) is 1.34. The summed E-state index contributed by atoms with van der Waals surface area (Å²) < 4.78 is 0. The second-order valence-corrected chi connectivity index (χ2v) is 2.81. The molecule has 0 spiro atoms. The first-order valence-electron chi connectivity index (χ1n) is 3.29. The van der Waals surface area contributed by atoms with Crippen molar-refractivity contribution in [1.29, 1.82) is 0 Å². The van der Waals surface area contributed by atoms with E-state index < -0.39 is 0 Å². The molecule has 2 heterocycles. The Hall–Kier alpha value is -1.09. The largest absolute Gasteiger partial charge is 0.249 e. The molecule has 0 fully saturated rings. The molecule has 0 aliphatic rings. The third-order valence-corrected chi connectivity index (χ3v) is 1.72. The Labute approximate surface area is 68.4 Å². The van der Waals surface area contributed by atoms with Crippen LogP contribution in [-0.4, -0.2) is 9.97 Å². The zero-order valence-corrected chi connectivity index (χ0v) is 6.74. The number of H-pyrrole nitrogens is 2. The van der Waals surface area contributed by atoms with Gasteiger partial charge >= 0.3 is 0 Å². The van der Waals surface area contributed by atoms with E-state index in [1.165, 1.54) is 0 Å². The maximum Gasteiger partial charge on any atom is 0.249 e. The van der Waals surface area contributed by atoms with E-state index >= 15 is 0 Å². The molecule has 0 aliphatic carbocycles. The lowest BCUT2D eigenvalue weighted by molar-refractivity contribution is -0.354. The van der Waals surface area contributed by atoms with Crippen molar-refractivity contribution in [3.63, 3.8) is 0 Å². The fourth-order valence-corrected chi connectivity index (χ4v) is 1.23. The number of nitrogens with zero attached hydrogens (tertiary/aromatic N) is 1. The lowest BCUT2D eigenvalue weighted by atomic mass is 10.4. The molecule has 2 aromatic rings. The van der Waals surface area contributed by atoms with Crippen molar-refractivity contribution in [3.05, 3.63) is 23.2 Å². The number of rotatable bonds is 0. The Balaban J connectivity index is 2.82. The molecule has 3 nitrogen and oxygen atoms in total. The summed E-state index contributed by atoms with van der Waals surface area (Å²) in [6.07, 6.45) is 1.71. The molecular formula is C7H7ClN3+. The molecule has 0 unspecified atom stereocenters. The molecule has 0 saturated carbocycles. The first kappa shape index (κ1) is 6.61. The molecule has 11 heavy (non-hydrogen) atoms. The Kier molecular flexibility index (Phi) is 1.32. The van der Waals surface area contributed by atoms with Crippen molar-refractivity contribution >= 4 is 22.6 Å². The Bertz CT molecular complexity index is 393. The molecule has 0 bridgehead atoms. The molecule has 4 heteroatoms. The van der Waals surface area contributed by atoms with Crippen molar-refractivity contribution in [2.24, 2.45) is 0 Å². The standard InChI is InChI=1S/C7H6ClN3/c1-4-10-5-2-7(8)9-3-6(5)11-4/h2-3H,1H3,(H,10,11)/p+1. The average Bonchev–Trinajstić information content (AvgIpc) is 2.27. The van der Waals surface area contributed by atoms with Crippen LogP contribution >= 0.6 is 11.6 Å². The number of aromatic amines is 2. The number of aromatic nitrogens is 3. The smallest absolute Gasteiger partial charge is 0.241 e. The third-order valence-electron chi connectivity index (χ3n) is 1.51. The molecule has 0 amide bonds. The normalized spacial score (nSPS) is 10.7. The van der Waals surface area contributed by atoms with Gasteiger partial charge in [0, 0.05) is 13.0 Å².